The zero-order valence-corrected chi connectivity index (χ0v) is 10.1. The third kappa shape index (κ3) is 1.41. The molecule has 3 nitrogen and oxygen atoms in total. The lowest BCUT2D eigenvalue weighted by atomic mass is 10.0. The number of aryl methyl sites for hydroxylation is 1. The number of imidazole rings is 1. The number of H-pyrrole nitrogens is 1. The molecular formula is C14H17N3. The van der Waals surface area contributed by atoms with Crippen LogP contribution in [0.2, 0.25) is 0 Å². The van der Waals surface area contributed by atoms with Crippen molar-refractivity contribution in [1.82, 2.24) is 15.0 Å². The first-order valence-electron chi connectivity index (χ1n) is 6.65. The van der Waals surface area contributed by atoms with E-state index in [1.54, 1.807) is 0 Å². The van der Waals surface area contributed by atoms with E-state index >= 15 is 0 Å². The van der Waals surface area contributed by atoms with Crippen molar-refractivity contribution in [3.63, 3.8) is 0 Å². The molecule has 2 aliphatic rings. The van der Waals surface area contributed by atoms with E-state index in [1.807, 2.05) is 6.20 Å². The number of rotatable bonds is 1. The summed E-state index contributed by atoms with van der Waals surface area (Å²) in [5.74, 6) is 3.71. The monoisotopic (exact) mass is 227 g/mol. The fraction of sp³-hybridized carbons (Fsp3) is 0.571. The molecule has 0 spiro atoms. The van der Waals surface area contributed by atoms with Crippen LogP contribution < -0.4 is 0 Å². The number of pyridine rings is 1. The maximum Gasteiger partial charge on any atom is 0.177 e. The predicted octanol–water partition coefficient (Wildman–Crippen LogP) is 3.17. The number of aromatic amines is 1. The molecule has 1 N–H and O–H groups in total. The Morgan fingerprint density at radius 1 is 1.24 bits per heavy atom. The lowest BCUT2D eigenvalue weighted by molar-refractivity contribution is 0.480. The summed E-state index contributed by atoms with van der Waals surface area (Å²) in [6.45, 7) is 2.07. The van der Waals surface area contributed by atoms with Gasteiger partial charge in [-0.1, -0.05) is 12.8 Å². The van der Waals surface area contributed by atoms with Gasteiger partial charge in [-0.3, -0.25) is 0 Å². The second-order valence-electron chi connectivity index (χ2n) is 5.64. The second kappa shape index (κ2) is 3.31. The van der Waals surface area contributed by atoms with Gasteiger partial charge in [0.2, 0.25) is 0 Å². The molecule has 0 saturated heterocycles. The Labute approximate surface area is 101 Å². The van der Waals surface area contributed by atoms with Crippen molar-refractivity contribution in [3.8, 4) is 0 Å². The van der Waals surface area contributed by atoms with Crippen molar-refractivity contribution < 1.29 is 0 Å². The third-order valence-corrected chi connectivity index (χ3v) is 4.46. The van der Waals surface area contributed by atoms with E-state index in [-0.39, 0.29) is 0 Å². The normalized spacial score (nSPS) is 31.5. The number of nitrogens with zero attached hydrogens (tertiary/aromatic N) is 2. The Balaban J connectivity index is 1.72. The highest BCUT2D eigenvalue weighted by atomic mass is 15.0. The van der Waals surface area contributed by atoms with Crippen molar-refractivity contribution in [1.29, 1.82) is 0 Å². The molecule has 0 aromatic carbocycles. The highest BCUT2D eigenvalue weighted by Gasteiger charge is 2.52. The van der Waals surface area contributed by atoms with Gasteiger partial charge in [-0.15, -0.1) is 0 Å². The van der Waals surface area contributed by atoms with Gasteiger partial charge in [0, 0.05) is 12.1 Å². The van der Waals surface area contributed by atoms with Crippen LogP contribution in [-0.2, 0) is 0 Å². The Kier molecular flexibility index (Phi) is 1.88. The van der Waals surface area contributed by atoms with E-state index in [9.17, 15) is 0 Å². The van der Waals surface area contributed by atoms with Crippen molar-refractivity contribution in [3.05, 3.63) is 23.7 Å². The minimum atomic E-state index is 0.701. The molecule has 0 amide bonds. The lowest BCUT2D eigenvalue weighted by Crippen LogP contribution is -1.91. The summed E-state index contributed by atoms with van der Waals surface area (Å²) in [5, 5.41) is 0. The molecule has 2 heterocycles. The van der Waals surface area contributed by atoms with Gasteiger partial charge in [-0.25, -0.2) is 9.97 Å². The maximum atomic E-state index is 4.67. The summed E-state index contributed by atoms with van der Waals surface area (Å²) < 4.78 is 0. The van der Waals surface area contributed by atoms with Gasteiger partial charge in [0.25, 0.3) is 0 Å². The van der Waals surface area contributed by atoms with Crippen LogP contribution in [0, 0.1) is 18.8 Å². The second-order valence-corrected chi connectivity index (χ2v) is 5.64. The summed E-state index contributed by atoms with van der Waals surface area (Å²) in [4.78, 5) is 12.5. The van der Waals surface area contributed by atoms with E-state index in [1.165, 1.54) is 37.1 Å². The molecular weight excluding hydrogens is 210 g/mol. The molecule has 0 aliphatic heterocycles. The highest BCUT2D eigenvalue weighted by molar-refractivity contribution is 5.71. The Morgan fingerprint density at radius 2 is 2.00 bits per heavy atom. The largest absolute Gasteiger partial charge is 0.340 e. The standard InChI is InChI=1S/C14H17N3/c1-8-6-11-13(15-7-8)17-14(16-11)12-9-4-2-3-5-10(9)12/h6-7,9-10,12H,2-5H2,1H3,(H,15,16,17). The Morgan fingerprint density at radius 3 is 2.76 bits per heavy atom. The number of hydrogen-bond acceptors (Lipinski definition) is 2. The fourth-order valence-electron chi connectivity index (χ4n) is 3.58. The molecule has 2 aromatic rings. The quantitative estimate of drug-likeness (QED) is 0.813. The van der Waals surface area contributed by atoms with Gasteiger partial charge in [-0.05, 0) is 43.2 Å². The van der Waals surface area contributed by atoms with E-state index in [4.69, 9.17) is 0 Å². The molecule has 2 aliphatic carbocycles. The molecule has 0 bridgehead atoms. The summed E-state index contributed by atoms with van der Waals surface area (Å²) >= 11 is 0. The molecule has 17 heavy (non-hydrogen) atoms. The van der Waals surface area contributed by atoms with E-state index in [0.717, 1.165) is 23.0 Å². The molecule has 2 unspecified atom stereocenters. The van der Waals surface area contributed by atoms with Crippen molar-refractivity contribution >= 4 is 11.2 Å². The minimum absolute atomic E-state index is 0.701. The van der Waals surface area contributed by atoms with Crippen LogP contribution >= 0.6 is 0 Å². The lowest BCUT2D eigenvalue weighted by Gasteiger charge is -2.04. The summed E-state index contributed by atoms with van der Waals surface area (Å²) in [7, 11) is 0. The molecule has 2 aromatic heterocycles. The van der Waals surface area contributed by atoms with Gasteiger partial charge in [0.05, 0.1) is 5.52 Å². The van der Waals surface area contributed by atoms with Crippen LogP contribution in [-0.4, -0.2) is 15.0 Å². The van der Waals surface area contributed by atoms with Gasteiger partial charge in [0.1, 0.15) is 5.82 Å². The number of aromatic nitrogens is 3. The van der Waals surface area contributed by atoms with Crippen LogP contribution in [0.1, 0.15) is 43.0 Å². The van der Waals surface area contributed by atoms with Gasteiger partial charge in [-0.2, -0.15) is 0 Å². The first-order valence-corrected chi connectivity index (χ1v) is 6.65. The van der Waals surface area contributed by atoms with Crippen molar-refractivity contribution in [2.75, 3.05) is 0 Å². The third-order valence-electron chi connectivity index (χ3n) is 4.46. The van der Waals surface area contributed by atoms with Crippen LogP contribution in [0.5, 0.6) is 0 Å². The van der Waals surface area contributed by atoms with Crippen LogP contribution in [0.4, 0.5) is 0 Å². The molecule has 0 radical (unpaired) electrons. The van der Waals surface area contributed by atoms with Crippen molar-refractivity contribution in [2.45, 2.75) is 38.5 Å². The SMILES string of the molecule is Cc1cnc2nc(C3C4CCCCC43)[nH]c2c1. The minimum Gasteiger partial charge on any atom is -0.340 e. The van der Waals surface area contributed by atoms with Crippen LogP contribution in [0.3, 0.4) is 0 Å². The van der Waals surface area contributed by atoms with E-state index in [2.05, 4.69) is 27.9 Å². The summed E-state index contributed by atoms with van der Waals surface area (Å²) in [6.07, 6.45) is 7.52. The van der Waals surface area contributed by atoms with Gasteiger partial charge in [0.15, 0.2) is 5.65 Å². The number of fused-ring (bicyclic) bond motifs is 2. The topological polar surface area (TPSA) is 41.6 Å². The Bertz CT molecular complexity index is 560. The molecule has 2 atom stereocenters. The average molecular weight is 227 g/mol. The maximum absolute atomic E-state index is 4.67. The molecule has 4 rings (SSSR count). The number of hydrogen-bond donors (Lipinski definition) is 1. The zero-order chi connectivity index (χ0) is 11.4. The predicted molar refractivity (Wildman–Crippen MR) is 66.8 cm³/mol. The van der Waals surface area contributed by atoms with Crippen LogP contribution in [0.25, 0.3) is 11.2 Å². The summed E-state index contributed by atoms with van der Waals surface area (Å²) in [5.41, 5.74) is 3.18. The van der Waals surface area contributed by atoms with Crippen molar-refractivity contribution in [2.24, 2.45) is 11.8 Å². The zero-order valence-electron chi connectivity index (χ0n) is 10.1. The van der Waals surface area contributed by atoms with Gasteiger partial charge >= 0.3 is 0 Å². The number of nitrogens with one attached hydrogen (secondary N) is 1. The first-order chi connectivity index (χ1) is 8.33. The smallest absolute Gasteiger partial charge is 0.177 e. The average Bonchev–Trinajstić information content (AvgIpc) is 2.93. The molecule has 3 heteroatoms. The molecule has 88 valence electrons. The Hall–Kier alpha value is -1.38. The van der Waals surface area contributed by atoms with Crippen LogP contribution in [0.15, 0.2) is 12.3 Å². The fourth-order valence-corrected chi connectivity index (χ4v) is 3.58. The molecule has 2 saturated carbocycles. The first kappa shape index (κ1) is 9.63. The highest BCUT2D eigenvalue weighted by Crippen LogP contribution is 2.60. The van der Waals surface area contributed by atoms with Gasteiger partial charge < -0.3 is 4.98 Å². The molecule has 2 fully saturated rings. The van der Waals surface area contributed by atoms with E-state index in [0.29, 0.717) is 5.92 Å². The van der Waals surface area contributed by atoms with E-state index < -0.39 is 0 Å². The summed E-state index contributed by atoms with van der Waals surface area (Å²) in [6, 6.07) is 2.14.